The van der Waals surface area contributed by atoms with E-state index in [1.807, 2.05) is 41.8 Å². The number of hydrogen-bond acceptors (Lipinski definition) is 5. The highest BCUT2D eigenvalue weighted by atomic mass is 35.5. The molecular weight excluding hydrogens is 424 g/mol. The van der Waals surface area contributed by atoms with E-state index in [4.69, 9.17) is 16.3 Å². The Bertz CT molecular complexity index is 1070. The molecule has 154 valence electrons. The Kier molecular flexibility index (Phi) is 7.21. The minimum Gasteiger partial charge on any atom is -0.496 e. The van der Waals surface area contributed by atoms with Crippen LogP contribution in [-0.4, -0.2) is 22.8 Å². The van der Waals surface area contributed by atoms with E-state index in [-0.39, 0.29) is 16.6 Å². The van der Waals surface area contributed by atoms with Crippen molar-refractivity contribution in [3.05, 3.63) is 97.2 Å². The fraction of sp³-hybridized carbons (Fsp3) is 0.136. The Labute approximate surface area is 183 Å². The predicted octanol–water partition coefficient (Wildman–Crippen LogP) is 5.56. The number of carbonyl (C=O) groups excluding carboxylic acids is 1. The van der Waals surface area contributed by atoms with Crippen LogP contribution >= 0.6 is 22.9 Å². The number of nitrogens with zero attached hydrogens (tertiary/aromatic N) is 2. The summed E-state index contributed by atoms with van der Waals surface area (Å²) < 4.78 is 5.41. The molecule has 3 rings (SSSR count). The molecular formula is C22H19ClN2O4S. The van der Waals surface area contributed by atoms with Crippen LogP contribution in [0.3, 0.4) is 0 Å². The van der Waals surface area contributed by atoms with Gasteiger partial charge in [-0.05, 0) is 35.2 Å². The van der Waals surface area contributed by atoms with Crippen molar-refractivity contribution in [1.82, 2.24) is 4.90 Å². The molecule has 1 aromatic heterocycles. The third kappa shape index (κ3) is 5.46. The third-order valence-corrected chi connectivity index (χ3v) is 5.56. The lowest BCUT2D eigenvalue weighted by atomic mass is 10.1. The highest BCUT2D eigenvalue weighted by molar-refractivity contribution is 7.09. The van der Waals surface area contributed by atoms with Crippen LogP contribution in [0.2, 0.25) is 5.02 Å². The second kappa shape index (κ2) is 10.0. The standard InChI is InChI=1S/C22H19ClN2O4S/c1-29-21-7-3-2-5-17(21)14-24(15-18-6-4-12-30-18)22(26)11-9-16-8-10-19(23)20(13-16)25(27)28/h2-13H,14-15H2,1H3/b11-9+. The van der Waals surface area contributed by atoms with Gasteiger partial charge in [-0.2, -0.15) is 0 Å². The fourth-order valence-corrected chi connectivity index (χ4v) is 3.79. The van der Waals surface area contributed by atoms with E-state index in [9.17, 15) is 14.9 Å². The van der Waals surface area contributed by atoms with Gasteiger partial charge in [0.1, 0.15) is 10.8 Å². The summed E-state index contributed by atoms with van der Waals surface area (Å²) in [6.45, 7) is 0.811. The summed E-state index contributed by atoms with van der Waals surface area (Å²) in [4.78, 5) is 26.2. The van der Waals surface area contributed by atoms with Gasteiger partial charge < -0.3 is 9.64 Å². The van der Waals surface area contributed by atoms with Crippen molar-refractivity contribution >= 4 is 40.6 Å². The van der Waals surface area contributed by atoms with Gasteiger partial charge in [-0.25, -0.2) is 0 Å². The second-order valence-corrected chi connectivity index (χ2v) is 7.83. The number of halogens is 1. The van der Waals surface area contributed by atoms with Crippen molar-refractivity contribution in [3.8, 4) is 5.75 Å². The molecule has 0 N–H and O–H groups in total. The zero-order valence-electron chi connectivity index (χ0n) is 16.2. The minimum absolute atomic E-state index is 0.0546. The molecule has 0 radical (unpaired) electrons. The second-order valence-electron chi connectivity index (χ2n) is 6.39. The first-order valence-electron chi connectivity index (χ1n) is 9.03. The summed E-state index contributed by atoms with van der Waals surface area (Å²) in [6, 6.07) is 15.9. The molecule has 2 aromatic carbocycles. The summed E-state index contributed by atoms with van der Waals surface area (Å²) in [5.41, 5.74) is 1.21. The molecule has 0 aliphatic heterocycles. The van der Waals surface area contributed by atoms with Crippen LogP contribution in [0.15, 0.2) is 66.1 Å². The van der Waals surface area contributed by atoms with Crippen molar-refractivity contribution in [2.45, 2.75) is 13.1 Å². The molecule has 8 heteroatoms. The average molecular weight is 443 g/mol. The maximum absolute atomic E-state index is 13.0. The van der Waals surface area contributed by atoms with Gasteiger partial charge in [0.15, 0.2) is 0 Å². The Morgan fingerprint density at radius 3 is 2.70 bits per heavy atom. The Morgan fingerprint density at radius 2 is 2.00 bits per heavy atom. The van der Waals surface area contributed by atoms with Crippen LogP contribution in [0.1, 0.15) is 16.0 Å². The van der Waals surface area contributed by atoms with Gasteiger partial charge in [0.2, 0.25) is 5.91 Å². The van der Waals surface area contributed by atoms with Crippen LogP contribution in [0.5, 0.6) is 5.75 Å². The topological polar surface area (TPSA) is 72.7 Å². The maximum atomic E-state index is 13.0. The van der Waals surface area contributed by atoms with Crippen molar-refractivity contribution in [2.75, 3.05) is 7.11 Å². The molecule has 0 spiro atoms. The quantitative estimate of drug-likeness (QED) is 0.260. The molecule has 0 saturated carbocycles. The molecule has 0 saturated heterocycles. The highest BCUT2D eigenvalue weighted by Crippen LogP contribution is 2.26. The Morgan fingerprint density at radius 1 is 1.20 bits per heavy atom. The first-order valence-corrected chi connectivity index (χ1v) is 10.3. The van der Waals surface area contributed by atoms with Crippen molar-refractivity contribution < 1.29 is 14.5 Å². The normalized spacial score (nSPS) is 10.9. The monoisotopic (exact) mass is 442 g/mol. The van der Waals surface area contributed by atoms with Crippen LogP contribution in [0.25, 0.3) is 6.08 Å². The number of ether oxygens (including phenoxy) is 1. The van der Waals surface area contributed by atoms with Crippen LogP contribution < -0.4 is 4.74 Å². The number of rotatable bonds is 8. The molecule has 1 amide bonds. The molecule has 0 atom stereocenters. The first kappa shape index (κ1) is 21.5. The maximum Gasteiger partial charge on any atom is 0.288 e. The third-order valence-electron chi connectivity index (χ3n) is 4.38. The van der Waals surface area contributed by atoms with Crippen LogP contribution in [-0.2, 0) is 17.9 Å². The summed E-state index contributed by atoms with van der Waals surface area (Å²) in [6.07, 6.45) is 2.96. The van der Waals surface area contributed by atoms with E-state index in [0.717, 1.165) is 10.4 Å². The number of nitro groups is 1. The van der Waals surface area contributed by atoms with E-state index in [2.05, 4.69) is 0 Å². The van der Waals surface area contributed by atoms with E-state index >= 15 is 0 Å². The molecule has 1 heterocycles. The van der Waals surface area contributed by atoms with E-state index in [1.165, 1.54) is 18.2 Å². The molecule has 3 aromatic rings. The van der Waals surface area contributed by atoms with Crippen LogP contribution in [0.4, 0.5) is 5.69 Å². The number of amides is 1. The van der Waals surface area contributed by atoms with Crippen LogP contribution in [0, 0.1) is 10.1 Å². The zero-order valence-corrected chi connectivity index (χ0v) is 17.7. The van der Waals surface area contributed by atoms with Gasteiger partial charge in [-0.1, -0.05) is 41.9 Å². The molecule has 0 unspecified atom stereocenters. The number of para-hydroxylation sites is 1. The number of hydrogen-bond donors (Lipinski definition) is 0. The summed E-state index contributed by atoms with van der Waals surface area (Å²) in [5, 5.41) is 13.1. The smallest absolute Gasteiger partial charge is 0.288 e. The highest BCUT2D eigenvalue weighted by Gasteiger charge is 2.16. The van der Waals surface area contributed by atoms with Gasteiger partial charge >= 0.3 is 0 Å². The van der Waals surface area contributed by atoms with E-state index in [1.54, 1.807) is 35.5 Å². The van der Waals surface area contributed by atoms with Gasteiger partial charge in [0, 0.05) is 29.1 Å². The SMILES string of the molecule is COc1ccccc1CN(Cc1cccs1)C(=O)/C=C/c1ccc(Cl)c([N+](=O)[O-])c1. The number of benzene rings is 2. The first-order chi connectivity index (χ1) is 14.5. The lowest BCUT2D eigenvalue weighted by molar-refractivity contribution is -0.384. The van der Waals surface area contributed by atoms with Gasteiger partial charge in [0.25, 0.3) is 5.69 Å². The van der Waals surface area contributed by atoms with E-state index in [0.29, 0.717) is 24.4 Å². The Balaban J connectivity index is 1.84. The number of methoxy groups -OCH3 is 1. The zero-order chi connectivity index (χ0) is 21.5. The number of carbonyl (C=O) groups is 1. The summed E-state index contributed by atoms with van der Waals surface area (Å²) in [7, 11) is 1.59. The Hall–Kier alpha value is -3.16. The van der Waals surface area contributed by atoms with Crippen molar-refractivity contribution in [2.24, 2.45) is 0 Å². The fourth-order valence-electron chi connectivity index (χ4n) is 2.89. The van der Waals surface area contributed by atoms with Gasteiger partial charge in [-0.3, -0.25) is 14.9 Å². The van der Waals surface area contributed by atoms with Gasteiger partial charge in [0.05, 0.1) is 18.6 Å². The molecule has 0 aliphatic carbocycles. The molecule has 0 fully saturated rings. The summed E-state index contributed by atoms with van der Waals surface area (Å²) in [5.74, 6) is 0.491. The molecule has 0 bridgehead atoms. The van der Waals surface area contributed by atoms with E-state index < -0.39 is 4.92 Å². The minimum atomic E-state index is -0.549. The largest absolute Gasteiger partial charge is 0.496 e. The molecule has 0 aliphatic rings. The summed E-state index contributed by atoms with van der Waals surface area (Å²) >= 11 is 7.42. The number of nitro benzene ring substituents is 1. The van der Waals surface area contributed by atoms with Gasteiger partial charge in [-0.15, -0.1) is 11.3 Å². The average Bonchev–Trinajstić information content (AvgIpc) is 3.25. The molecule has 30 heavy (non-hydrogen) atoms. The van der Waals surface area contributed by atoms with Crippen molar-refractivity contribution in [3.63, 3.8) is 0 Å². The predicted molar refractivity (Wildman–Crippen MR) is 119 cm³/mol. The van der Waals surface area contributed by atoms with Crippen molar-refractivity contribution in [1.29, 1.82) is 0 Å². The number of thiophene rings is 1. The molecule has 6 nitrogen and oxygen atoms in total. The lowest BCUT2D eigenvalue weighted by Gasteiger charge is -2.22. The lowest BCUT2D eigenvalue weighted by Crippen LogP contribution is -2.28.